The first-order valence-electron chi connectivity index (χ1n) is 4.77. The maximum atomic E-state index is 9.33. The third kappa shape index (κ3) is 2.48. The van der Waals surface area contributed by atoms with Crippen molar-refractivity contribution >= 4 is 22.9 Å². The van der Waals surface area contributed by atoms with Crippen LogP contribution in [0.1, 0.15) is 31.7 Å². The number of halogens is 1. The van der Waals surface area contributed by atoms with E-state index in [2.05, 4.69) is 6.92 Å². The highest BCUT2D eigenvalue weighted by atomic mass is 35.5. The molecule has 1 rings (SSSR count). The number of hydrogen-bond donors (Lipinski definition) is 2. The molecule has 1 heterocycles. The summed E-state index contributed by atoms with van der Waals surface area (Å²) in [5.41, 5.74) is 6.34. The van der Waals surface area contributed by atoms with Crippen LogP contribution in [0.2, 0.25) is 4.34 Å². The van der Waals surface area contributed by atoms with Gasteiger partial charge >= 0.3 is 0 Å². The molecule has 0 aliphatic carbocycles. The zero-order valence-electron chi connectivity index (χ0n) is 8.29. The van der Waals surface area contributed by atoms with Crippen molar-refractivity contribution in [2.75, 3.05) is 6.61 Å². The Bertz CT molecular complexity index is 289. The molecule has 1 aromatic rings. The Morgan fingerprint density at radius 3 is 2.79 bits per heavy atom. The molecule has 80 valence electrons. The van der Waals surface area contributed by atoms with Gasteiger partial charge in [-0.15, -0.1) is 11.3 Å². The van der Waals surface area contributed by atoms with Gasteiger partial charge in [-0.2, -0.15) is 0 Å². The molecule has 0 fully saturated rings. The number of rotatable bonds is 5. The fourth-order valence-electron chi connectivity index (χ4n) is 1.44. The van der Waals surface area contributed by atoms with E-state index in [0.717, 1.165) is 24.8 Å². The smallest absolute Gasteiger partial charge is 0.0979 e. The van der Waals surface area contributed by atoms with Crippen LogP contribution < -0.4 is 5.73 Å². The Kier molecular flexibility index (Phi) is 4.38. The van der Waals surface area contributed by atoms with E-state index in [4.69, 9.17) is 17.3 Å². The van der Waals surface area contributed by atoms with E-state index in [1.807, 2.05) is 11.4 Å². The van der Waals surface area contributed by atoms with Gasteiger partial charge in [0, 0.05) is 5.56 Å². The summed E-state index contributed by atoms with van der Waals surface area (Å²) in [5.74, 6) is 0. The molecule has 0 aromatic carbocycles. The molecule has 2 nitrogen and oxygen atoms in total. The van der Waals surface area contributed by atoms with Gasteiger partial charge in [-0.3, -0.25) is 0 Å². The number of thiophene rings is 1. The molecule has 0 saturated heterocycles. The lowest BCUT2D eigenvalue weighted by molar-refractivity contribution is 0.185. The van der Waals surface area contributed by atoms with E-state index < -0.39 is 5.54 Å². The first-order chi connectivity index (χ1) is 6.64. The molecule has 0 bridgehead atoms. The van der Waals surface area contributed by atoms with Crippen molar-refractivity contribution in [3.8, 4) is 0 Å². The SMILES string of the molecule is CCCC[C@](N)(CO)c1ccsc1Cl. The second-order valence-corrected chi connectivity index (χ2v) is 5.04. The molecule has 14 heavy (non-hydrogen) atoms. The minimum Gasteiger partial charge on any atom is -0.394 e. The van der Waals surface area contributed by atoms with Crippen molar-refractivity contribution in [3.63, 3.8) is 0 Å². The molecule has 0 aliphatic heterocycles. The van der Waals surface area contributed by atoms with Gasteiger partial charge in [0.1, 0.15) is 0 Å². The highest BCUT2D eigenvalue weighted by Crippen LogP contribution is 2.33. The van der Waals surface area contributed by atoms with E-state index >= 15 is 0 Å². The first-order valence-corrected chi connectivity index (χ1v) is 6.03. The fraction of sp³-hybridized carbons (Fsp3) is 0.600. The summed E-state index contributed by atoms with van der Waals surface area (Å²) in [7, 11) is 0. The minimum atomic E-state index is -0.660. The van der Waals surface area contributed by atoms with Crippen molar-refractivity contribution in [1.29, 1.82) is 0 Å². The van der Waals surface area contributed by atoms with Crippen molar-refractivity contribution < 1.29 is 5.11 Å². The van der Waals surface area contributed by atoms with E-state index in [-0.39, 0.29) is 6.61 Å². The summed E-state index contributed by atoms with van der Waals surface area (Å²) in [5, 5.41) is 11.2. The monoisotopic (exact) mass is 233 g/mol. The second kappa shape index (κ2) is 5.12. The molecule has 0 saturated carbocycles. The zero-order valence-corrected chi connectivity index (χ0v) is 9.87. The van der Waals surface area contributed by atoms with Crippen LogP contribution in [0.25, 0.3) is 0 Å². The average Bonchev–Trinajstić information content (AvgIpc) is 2.61. The van der Waals surface area contributed by atoms with Gasteiger partial charge in [0.2, 0.25) is 0 Å². The third-order valence-electron chi connectivity index (χ3n) is 2.41. The second-order valence-electron chi connectivity index (χ2n) is 3.53. The Morgan fingerprint density at radius 2 is 2.36 bits per heavy atom. The largest absolute Gasteiger partial charge is 0.394 e. The van der Waals surface area contributed by atoms with E-state index in [1.54, 1.807) is 0 Å². The minimum absolute atomic E-state index is 0.0521. The molecular weight excluding hydrogens is 218 g/mol. The van der Waals surface area contributed by atoms with Crippen molar-refractivity contribution in [2.45, 2.75) is 31.7 Å². The van der Waals surface area contributed by atoms with Crippen LogP contribution in [-0.4, -0.2) is 11.7 Å². The lowest BCUT2D eigenvalue weighted by atomic mass is 9.89. The Morgan fingerprint density at radius 1 is 1.64 bits per heavy atom. The number of unbranched alkanes of at least 4 members (excludes halogenated alkanes) is 1. The summed E-state index contributed by atoms with van der Waals surface area (Å²) in [6.45, 7) is 2.05. The molecule has 0 aliphatic rings. The number of aliphatic hydroxyl groups is 1. The van der Waals surface area contributed by atoms with Gasteiger partial charge in [-0.1, -0.05) is 31.4 Å². The maximum Gasteiger partial charge on any atom is 0.0979 e. The molecule has 0 radical (unpaired) electrons. The first kappa shape index (κ1) is 12.0. The van der Waals surface area contributed by atoms with Crippen LogP contribution in [0.15, 0.2) is 11.4 Å². The standard InChI is InChI=1S/C10H16ClNOS/c1-2-3-5-10(12,7-13)8-4-6-14-9(8)11/h4,6,13H,2-3,5,7,12H2,1H3/t10-/m0/s1. The summed E-state index contributed by atoms with van der Waals surface area (Å²) >= 11 is 7.46. The van der Waals surface area contributed by atoms with E-state index in [1.165, 1.54) is 11.3 Å². The molecular formula is C10H16ClNOS. The normalized spacial score (nSPS) is 15.4. The summed E-state index contributed by atoms with van der Waals surface area (Å²) < 4.78 is 0.692. The predicted molar refractivity (Wildman–Crippen MR) is 61.8 cm³/mol. The quantitative estimate of drug-likeness (QED) is 0.822. The zero-order chi connectivity index (χ0) is 10.6. The maximum absolute atomic E-state index is 9.33. The van der Waals surface area contributed by atoms with Crippen LogP contribution in [-0.2, 0) is 5.54 Å². The van der Waals surface area contributed by atoms with E-state index in [9.17, 15) is 5.11 Å². The van der Waals surface area contributed by atoms with Crippen LogP contribution in [0, 0.1) is 0 Å². The highest BCUT2D eigenvalue weighted by molar-refractivity contribution is 7.14. The fourth-order valence-corrected chi connectivity index (χ4v) is 2.57. The summed E-state index contributed by atoms with van der Waals surface area (Å²) in [4.78, 5) is 0. The molecule has 1 atom stereocenters. The summed E-state index contributed by atoms with van der Waals surface area (Å²) in [6.07, 6.45) is 2.85. The van der Waals surface area contributed by atoms with Gasteiger partial charge in [0.25, 0.3) is 0 Å². The van der Waals surface area contributed by atoms with E-state index in [0.29, 0.717) is 4.34 Å². The van der Waals surface area contributed by atoms with Crippen LogP contribution >= 0.6 is 22.9 Å². The van der Waals surface area contributed by atoms with Crippen LogP contribution in [0.5, 0.6) is 0 Å². The topological polar surface area (TPSA) is 46.2 Å². The average molecular weight is 234 g/mol. The molecule has 3 N–H and O–H groups in total. The number of hydrogen-bond acceptors (Lipinski definition) is 3. The highest BCUT2D eigenvalue weighted by Gasteiger charge is 2.28. The van der Waals surface area contributed by atoms with Gasteiger partial charge in [0.15, 0.2) is 0 Å². The van der Waals surface area contributed by atoms with Gasteiger partial charge < -0.3 is 10.8 Å². The van der Waals surface area contributed by atoms with Crippen molar-refractivity contribution in [2.24, 2.45) is 5.73 Å². The lowest BCUT2D eigenvalue weighted by Crippen LogP contribution is -2.40. The van der Waals surface area contributed by atoms with Crippen molar-refractivity contribution in [1.82, 2.24) is 0 Å². The van der Waals surface area contributed by atoms with Crippen molar-refractivity contribution in [3.05, 3.63) is 21.3 Å². The van der Waals surface area contributed by atoms with Crippen LogP contribution in [0.4, 0.5) is 0 Å². The number of nitrogens with two attached hydrogens (primary N) is 1. The Hall–Kier alpha value is -0.0900. The molecule has 4 heteroatoms. The van der Waals surface area contributed by atoms with Gasteiger partial charge in [0.05, 0.1) is 16.5 Å². The number of aliphatic hydroxyl groups excluding tert-OH is 1. The molecule has 0 unspecified atom stereocenters. The predicted octanol–water partition coefficient (Wildman–Crippen LogP) is 2.74. The lowest BCUT2D eigenvalue weighted by Gasteiger charge is -2.26. The Labute approximate surface area is 93.7 Å². The van der Waals surface area contributed by atoms with Gasteiger partial charge in [-0.05, 0) is 17.9 Å². The third-order valence-corrected chi connectivity index (χ3v) is 3.58. The molecule has 0 spiro atoms. The summed E-state index contributed by atoms with van der Waals surface area (Å²) in [6, 6.07) is 1.90. The Balaban J connectivity index is 2.84. The molecule has 1 aromatic heterocycles. The molecule has 0 amide bonds. The van der Waals surface area contributed by atoms with Gasteiger partial charge in [-0.25, -0.2) is 0 Å². The van der Waals surface area contributed by atoms with Crippen LogP contribution in [0.3, 0.4) is 0 Å².